The molecule has 2 rings (SSSR count). The molecule has 2 aliphatic rings. The fraction of sp³-hybridized carbons (Fsp3) is 1.00. The lowest BCUT2D eigenvalue weighted by Crippen LogP contribution is -2.50. The first-order chi connectivity index (χ1) is 9.85. The third kappa shape index (κ3) is 4.71. The Labute approximate surface area is 125 Å². The third-order valence-electron chi connectivity index (χ3n) is 4.99. The zero-order valence-electron chi connectivity index (χ0n) is 13.6. The third-order valence-corrected chi connectivity index (χ3v) is 4.99. The zero-order chi connectivity index (χ0) is 14.2. The number of nitrogens with one attached hydrogen (secondary N) is 1. The fourth-order valence-electron chi connectivity index (χ4n) is 3.79. The van der Waals surface area contributed by atoms with Crippen molar-refractivity contribution in [2.75, 3.05) is 32.8 Å². The van der Waals surface area contributed by atoms with Crippen LogP contribution in [-0.4, -0.2) is 49.8 Å². The molecule has 0 spiro atoms. The van der Waals surface area contributed by atoms with Gasteiger partial charge in [-0.1, -0.05) is 26.7 Å². The van der Waals surface area contributed by atoms with Gasteiger partial charge in [-0.3, -0.25) is 4.90 Å². The molecule has 0 aromatic heterocycles. The molecule has 0 aliphatic carbocycles. The smallest absolute Gasteiger partial charge is 0.0510 e. The van der Waals surface area contributed by atoms with E-state index in [-0.39, 0.29) is 0 Å². The predicted molar refractivity (Wildman–Crippen MR) is 85.1 cm³/mol. The standard InChI is InChI=1S/C17H34N2O/c1-3-7-16-8-5-6-11-19(16)13-17(18-10-4-2)15-9-12-20-14-15/h15-18H,3-14H2,1-2H3. The Balaban J connectivity index is 1.89. The minimum Gasteiger partial charge on any atom is -0.381 e. The summed E-state index contributed by atoms with van der Waals surface area (Å²) in [4.78, 5) is 2.78. The Morgan fingerprint density at radius 3 is 2.80 bits per heavy atom. The van der Waals surface area contributed by atoms with Gasteiger partial charge in [0.15, 0.2) is 0 Å². The average Bonchev–Trinajstić information content (AvgIpc) is 2.99. The molecule has 0 aromatic rings. The summed E-state index contributed by atoms with van der Waals surface area (Å²) in [6, 6.07) is 1.47. The molecule has 0 radical (unpaired) electrons. The summed E-state index contributed by atoms with van der Waals surface area (Å²) >= 11 is 0. The summed E-state index contributed by atoms with van der Waals surface area (Å²) in [6.45, 7) is 10.2. The highest BCUT2D eigenvalue weighted by Gasteiger charge is 2.30. The van der Waals surface area contributed by atoms with E-state index in [1.807, 2.05) is 0 Å². The number of ether oxygens (including phenoxy) is 1. The van der Waals surface area contributed by atoms with Gasteiger partial charge < -0.3 is 10.1 Å². The predicted octanol–water partition coefficient (Wildman–Crippen LogP) is 3.05. The first kappa shape index (κ1) is 16.3. The van der Waals surface area contributed by atoms with E-state index in [1.54, 1.807) is 0 Å². The van der Waals surface area contributed by atoms with Gasteiger partial charge in [-0.25, -0.2) is 0 Å². The normalized spacial score (nSPS) is 29.7. The van der Waals surface area contributed by atoms with Crippen molar-refractivity contribution in [1.82, 2.24) is 10.2 Å². The second-order valence-electron chi connectivity index (χ2n) is 6.62. The molecule has 3 nitrogen and oxygen atoms in total. The van der Waals surface area contributed by atoms with Gasteiger partial charge in [0.25, 0.3) is 0 Å². The van der Waals surface area contributed by atoms with Crippen molar-refractivity contribution in [2.45, 2.75) is 70.9 Å². The molecule has 0 aromatic carbocycles. The van der Waals surface area contributed by atoms with Gasteiger partial charge in [0, 0.05) is 31.2 Å². The van der Waals surface area contributed by atoms with Crippen molar-refractivity contribution in [3.05, 3.63) is 0 Å². The van der Waals surface area contributed by atoms with E-state index >= 15 is 0 Å². The Morgan fingerprint density at radius 1 is 1.20 bits per heavy atom. The summed E-state index contributed by atoms with van der Waals surface area (Å²) in [7, 11) is 0. The molecule has 0 saturated carbocycles. The number of likely N-dealkylation sites (tertiary alicyclic amines) is 1. The molecular formula is C17H34N2O. The number of piperidine rings is 1. The van der Waals surface area contributed by atoms with Crippen molar-refractivity contribution >= 4 is 0 Å². The van der Waals surface area contributed by atoms with Crippen molar-refractivity contribution in [1.29, 1.82) is 0 Å². The van der Waals surface area contributed by atoms with Crippen LogP contribution in [0.4, 0.5) is 0 Å². The van der Waals surface area contributed by atoms with Crippen LogP contribution >= 0.6 is 0 Å². The molecule has 2 saturated heterocycles. The van der Waals surface area contributed by atoms with Gasteiger partial charge >= 0.3 is 0 Å². The van der Waals surface area contributed by atoms with E-state index in [9.17, 15) is 0 Å². The Bertz CT molecular complexity index is 251. The quantitative estimate of drug-likeness (QED) is 0.740. The van der Waals surface area contributed by atoms with Crippen LogP contribution in [0.5, 0.6) is 0 Å². The van der Waals surface area contributed by atoms with Crippen LogP contribution in [0.3, 0.4) is 0 Å². The van der Waals surface area contributed by atoms with Crippen molar-refractivity contribution in [3.63, 3.8) is 0 Å². The van der Waals surface area contributed by atoms with E-state index in [0.717, 1.165) is 31.7 Å². The summed E-state index contributed by atoms with van der Waals surface area (Å²) in [5, 5.41) is 3.80. The van der Waals surface area contributed by atoms with Crippen molar-refractivity contribution in [3.8, 4) is 0 Å². The largest absolute Gasteiger partial charge is 0.381 e. The summed E-state index contributed by atoms with van der Waals surface area (Å²) in [5.41, 5.74) is 0. The van der Waals surface area contributed by atoms with Gasteiger partial charge in [-0.05, 0) is 45.2 Å². The molecule has 3 atom stereocenters. The van der Waals surface area contributed by atoms with E-state index < -0.39 is 0 Å². The van der Waals surface area contributed by atoms with E-state index in [0.29, 0.717) is 6.04 Å². The maximum atomic E-state index is 5.62. The van der Waals surface area contributed by atoms with Crippen LogP contribution in [0.25, 0.3) is 0 Å². The fourth-order valence-corrected chi connectivity index (χ4v) is 3.79. The van der Waals surface area contributed by atoms with Crippen molar-refractivity contribution < 1.29 is 4.74 Å². The molecular weight excluding hydrogens is 248 g/mol. The van der Waals surface area contributed by atoms with Gasteiger partial charge in [0.1, 0.15) is 0 Å². The highest BCUT2D eigenvalue weighted by Crippen LogP contribution is 2.24. The second kappa shape index (κ2) is 9.01. The van der Waals surface area contributed by atoms with Gasteiger partial charge in [-0.2, -0.15) is 0 Å². The van der Waals surface area contributed by atoms with E-state index in [4.69, 9.17) is 4.74 Å². The minimum atomic E-state index is 0.634. The number of rotatable bonds is 8. The zero-order valence-corrected chi connectivity index (χ0v) is 13.6. The minimum absolute atomic E-state index is 0.634. The highest BCUT2D eigenvalue weighted by molar-refractivity contribution is 4.86. The molecule has 3 unspecified atom stereocenters. The molecule has 3 heteroatoms. The van der Waals surface area contributed by atoms with Crippen molar-refractivity contribution in [2.24, 2.45) is 5.92 Å². The Hall–Kier alpha value is -0.120. The van der Waals surface area contributed by atoms with Crippen LogP contribution in [0.15, 0.2) is 0 Å². The molecule has 0 bridgehead atoms. The molecule has 1 N–H and O–H groups in total. The Morgan fingerprint density at radius 2 is 2.10 bits per heavy atom. The van der Waals surface area contributed by atoms with Gasteiger partial charge in [0.2, 0.25) is 0 Å². The van der Waals surface area contributed by atoms with Crippen LogP contribution in [0, 0.1) is 5.92 Å². The van der Waals surface area contributed by atoms with Crippen LogP contribution < -0.4 is 5.32 Å². The number of hydrogen-bond acceptors (Lipinski definition) is 3. The van der Waals surface area contributed by atoms with Crippen LogP contribution in [-0.2, 0) is 4.74 Å². The lowest BCUT2D eigenvalue weighted by molar-refractivity contribution is 0.106. The second-order valence-corrected chi connectivity index (χ2v) is 6.62. The van der Waals surface area contributed by atoms with Gasteiger partial charge in [-0.15, -0.1) is 0 Å². The molecule has 20 heavy (non-hydrogen) atoms. The SMILES string of the molecule is CCCNC(CN1CCCCC1CCC)C1CCOC1. The lowest BCUT2D eigenvalue weighted by atomic mass is 9.94. The summed E-state index contributed by atoms with van der Waals surface area (Å²) in [6.07, 6.45) is 9.40. The molecule has 118 valence electrons. The van der Waals surface area contributed by atoms with Crippen LogP contribution in [0.2, 0.25) is 0 Å². The summed E-state index contributed by atoms with van der Waals surface area (Å²) < 4.78 is 5.62. The van der Waals surface area contributed by atoms with Crippen LogP contribution in [0.1, 0.15) is 58.8 Å². The Kier molecular flexibility index (Phi) is 7.32. The number of hydrogen-bond donors (Lipinski definition) is 1. The first-order valence-corrected chi connectivity index (χ1v) is 8.90. The van der Waals surface area contributed by atoms with Gasteiger partial charge in [0.05, 0.1) is 6.61 Å². The number of nitrogens with zero attached hydrogens (tertiary/aromatic N) is 1. The molecule has 0 amide bonds. The average molecular weight is 282 g/mol. The highest BCUT2D eigenvalue weighted by atomic mass is 16.5. The lowest BCUT2D eigenvalue weighted by Gasteiger charge is -2.39. The van der Waals surface area contributed by atoms with E-state index in [2.05, 4.69) is 24.1 Å². The van der Waals surface area contributed by atoms with E-state index in [1.165, 1.54) is 58.0 Å². The molecule has 2 heterocycles. The topological polar surface area (TPSA) is 24.5 Å². The monoisotopic (exact) mass is 282 g/mol. The first-order valence-electron chi connectivity index (χ1n) is 8.90. The summed E-state index contributed by atoms with van der Waals surface area (Å²) in [5.74, 6) is 0.728. The molecule has 2 aliphatic heterocycles. The maximum absolute atomic E-state index is 5.62. The maximum Gasteiger partial charge on any atom is 0.0510 e. The molecule has 2 fully saturated rings.